The Kier molecular flexibility index (Phi) is 4.01. The van der Waals surface area contributed by atoms with Crippen LogP contribution in [0, 0.1) is 6.92 Å². The molecule has 0 aromatic carbocycles. The van der Waals surface area contributed by atoms with Crippen molar-refractivity contribution in [2.24, 2.45) is 0 Å². The van der Waals surface area contributed by atoms with Crippen LogP contribution < -0.4 is 10.1 Å². The van der Waals surface area contributed by atoms with Gasteiger partial charge in [0.25, 0.3) is 0 Å². The third-order valence-corrected chi connectivity index (χ3v) is 3.54. The second-order valence-electron chi connectivity index (χ2n) is 5.03. The lowest BCUT2D eigenvalue weighted by molar-refractivity contribution is 0.210. The molecule has 0 saturated heterocycles. The van der Waals surface area contributed by atoms with E-state index >= 15 is 0 Å². The Hall–Kier alpha value is -2.14. The number of methoxy groups -OCH3 is 1. The van der Waals surface area contributed by atoms with E-state index in [-0.39, 0.29) is 0 Å². The van der Waals surface area contributed by atoms with Crippen molar-refractivity contribution in [1.29, 1.82) is 0 Å². The molecular formula is C16H19N3O2. The number of hydrogen-bond acceptors (Lipinski definition) is 5. The Morgan fingerprint density at radius 3 is 3.10 bits per heavy atom. The van der Waals surface area contributed by atoms with Crippen LogP contribution >= 0.6 is 0 Å². The first-order valence-electron chi connectivity index (χ1n) is 7.10. The fourth-order valence-corrected chi connectivity index (χ4v) is 2.55. The summed E-state index contributed by atoms with van der Waals surface area (Å²) in [6.45, 7) is 4.06. The summed E-state index contributed by atoms with van der Waals surface area (Å²) in [7, 11) is 1.69. The lowest BCUT2D eigenvalue weighted by Gasteiger charge is -2.12. The first-order chi connectivity index (χ1) is 10.3. The Balaban J connectivity index is 1.95. The zero-order valence-electron chi connectivity index (χ0n) is 12.3. The summed E-state index contributed by atoms with van der Waals surface area (Å²) >= 11 is 0. The molecule has 0 fully saturated rings. The molecule has 0 bridgehead atoms. The molecule has 0 radical (unpaired) electrons. The number of anilines is 1. The fraction of sp³-hybridized carbons (Fsp3) is 0.375. The third-order valence-electron chi connectivity index (χ3n) is 3.54. The molecule has 0 unspecified atom stereocenters. The molecule has 0 aliphatic carbocycles. The Morgan fingerprint density at radius 2 is 2.29 bits per heavy atom. The highest BCUT2D eigenvalue weighted by molar-refractivity contribution is 5.74. The molecule has 1 aliphatic rings. The number of aromatic nitrogens is 2. The van der Waals surface area contributed by atoms with E-state index < -0.39 is 0 Å². The zero-order chi connectivity index (χ0) is 14.7. The second-order valence-corrected chi connectivity index (χ2v) is 5.03. The van der Waals surface area contributed by atoms with Gasteiger partial charge in [-0.05, 0) is 24.6 Å². The molecule has 5 heteroatoms. The summed E-state index contributed by atoms with van der Waals surface area (Å²) in [5.74, 6) is 1.67. The second kappa shape index (κ2) is 6.10. The van der Waals surface area contributed by atoms with Gasteiger partial charge in [0.05, 0.1) is 13.2 Å². The van der Waals surface area contributed by atoms with E-state index in [0.29, 0.717) is 19.8 Å². The minimum Gasteiger partial charge on any atom is -0.489 e. The summed E-state index contributed by atoms with van der Waals surface area (Å²) in [6, 6.07) is 4.09. The van der Waals surface area contributed by atoms with Crippen LogP contribution in [0.5, 0.6) is 5.75 Å². The maximum absolute atomic E-state index is 5.77. The van der Waals surface area contributed by atoms with Gasteiger partial charge < -0.3 is 14.8 Å². The summed E-state index contributed by atoms with van der Waals surface area (Å²) in [5.41, 5.74) is 4.49. The Morgan fingerprint density at radius 1 is 1.38 bits per heavy atom. The number of fused-ring (bicyclic) bond motifs is 1. The van der Waals surface area contributed by atoms with Crippen molar-refractivity contribution in [2.75, 3.05) is 32.2 Å². The van der Waals surface area contributed by atoms with Gasteiger partial charge in [0.15, 0.2) is 11.6 Å². The Bertz CT molecular complexity index is 643. The first-order valence-corrected chi connectivity index (χ1v) is 7.10. The highest BCUT2D eigenvalue weighted by atomic mass is 16.5. The van der Waals surface area contributed by atoms with Crippen molar-refractivity contribution in [3.63, 3.8) is 0 Å². The van der Waals surface area contributed by atoms with Crippen LogP contribution in [-0.2, 0) is 11.2 Å². The van der Waals surface area contributed by atoms with E-state index in [9.17, 15) is 0 Å². The number of aryl methyl sites for hydroxylation is 1. The Labute approximate surface area is 124 Å². The highest BCUT2D eigenvalue weighted by Gasteiger charge is 2.22. The maximum atomic E-state index is 5.77. The molecule has 110 valence electrons. The van der Waals surface area contributed by atoms with E-state index in [1.54, 1.807) is 7.11 Å². The van der Waals surface area contributed by atoms with Gasteiger partial charge in [-0.2, -0.15) is 0 Å². The van der Waals surface area contributed by atoms with Crippen LogP contribution in [0.4, 0.5) is 5.82 Å². The molecule has 0 saturated carbocycles. The van der Waals surface area contributed by atoms with Crippen LogP contribution in [0.25, 0.3) is 11.1 Å². The number of hydrogen-bond donors (Lipinski definition) is 1. The lowest BCUT2D eigenvalue weighted by atomic mass is 10.0. The largest absolute Gasteiger partial charge is 0.489 e. The molecule has 2 aromatic heterocycles. The topological polar surface area (TPSA) is 56.3 Å². The maximum Gasteiger partial charge on any atom is 0.169 e. The summed E-state index contributed by atoms with van der Waals surface area (Å²) < 4.78 is 10.8. The normalized spacial score (nSPS) is 12.9. The van der Waals surface area contributed by atoms with Crippen molar-refractivity contribution >= 4 is 5.82 Å². The van der Waals surface area contributed by atoms with E-state index in [2.05, 4.69) is 21.4 Å². The smallest absolute Gasteiger partial charge is 0.169 e. The molecule has 0 amide bonds. The predicted molar refractivity (Wildman–Crippen MR) is 81.8 cm³/mol. The van der Waals surface area contributed by atoms with Gasteiger partial charge >= 0.3 is 0 Å². The molecule has 3 heterocycles. The minimum atomic E-state index is 0.641. The van der Waals surface area contributed by atoms with Crippen LogP contribution in [0.15, 0.2) is 24.5 Å². The summed E-state index contributed by atoms with van der Waals surface area (Å²) in [4.78, 5) is 8.76. The van der Waals surface area contributed by atoms with E-state index in [1.807, 2.05) is 25.4 Å². The molecule has 0 spiro atoms. The molecule has 21 heavy (non-hydrogen) atoms. The predicted octanol–water partition coefficient (Wildman–Crippen LogP) is 2.45. The minimum absolute atomic E-state index is 0.641. The summed E-state index contributed by atoms with van der Waals surface area (Å²) in [5, 5.41) is 3.26. The zero-order valence-corrected chi connectivity index (χ0v) is 12.3. The van der Waals surface area contributed by atoms with Crippen molar-refractivity contribution < 1.29 is 9.47 Å². The van der Waals surface area contributed by atoms with Gasteiger partial charge in [-0.25, -0.2) is 4.98 Å². The fourth-order valence-electron chi connectivity index (χ4n) is 2.55. The number of pyridine rings is 2. The number of ether oxygens (including phenoxy) is 2. The average Bonchev–Trinajstić information content (AvgIpc) is 2.97. The van der Waals surface area contributed by atoms with Gasteiger partial charge in [-0.15, -0.1) is 0 Å². The van der Waals surface area contributed by atoms with E-state index in [0.717, 1.165) is 34.8 Å². The molecule has 1 aliphatic heterocycles. The monoisotopic (exact) mass is 285 g/mol. The molecule has 3 rings (SSSR count). The van der Waals surface area contributed by atoms with Gasteiger partial charge in [0.1, 0.15) is 0 Å². The van der Waals surface area contributed by atoms with Gasteiger partial charge in [-0.1, -0.05) is 0 Å². The van der Waals surface area contributed by atoms with Crippen LogP contribution in [0.3, 0.4) is 0 Å². The summed E-state index contributed by atoms with van der Waals surface area (Å²) in [6.07, 6.45) is 4.66. The molecule has 5 nitrogen and oxygen atoms in total. The van der Waals surface area contributed by atoms with E-state index in [4.69, 9.17) is 9.47 Å². The number of rotatable bonds is 5. The van der Waals surface area contributed by atoms with Crippen molar-refractivity contribution in [2.45, 2.75) is 13.3 Å². The van der Waals surface area contributed by atoms with E-state index in [1.165, 1.54) is 5.56 Å². The molecule has 0 atom stereocenters. The lowest BCUT2D eigenvalue weighted by Crippen LogP contribution is -2.10. The average molecular weight is 285 g/mol. The standard InChI is InChI=1S/C16H19N3O2/c1-11-9-12(3-5-17-11)14-10-19-16(18-6-8-20-2)15-13(14)4-7-21-15/h3,5,9-10H,4,6-8H2,1-2H3,(H,18,19). The molecule has 1 N–H and O–H groups in total. The van der Waals surface area contributed by atoms with Crippen LogP contribution in [-0.4, -0.2) is 36.8 Å². The SMILES string of the molecule is COCCNc1ncc(-c2ccnc(C)c2)c2c1OCC2. The number of nitrogens with zero attached hydrogens (tertiary/aromatic N) is 2. The number of nitrogens with one attached hydrogen (secondary N) is 1. The molecular weight excluding hydrogens is 266 g/mol. The van der Waals surface area contributed by atoms with Gasteiger partial charge in [0.2, 0.25) is 0 Å². The van der Waals surface area contributed by atoms with Crippen LogP contribution in [0.1, 0.15) is 11.3 Å². The highest BCUT2D eigenvalue weighted by Crippen LogP contribution is 2.38. The van der Waals surface area contributed by atoms with Crippen molar-refractivity contribution in [3.05, 3.63) is 35.8 Å². The van der Waals surface area contributed by atoms with Gasteiger partial charge in [-0.3, -0.25) is 4.98 Å². The third kappa shape index (κ3) is 2.83. The quantitative estimate of drug-likeness (QED) is 0.855. The van der Waals surface area contributed by atoms with Crippen LogP contribution in [0.2, 0.25) is 0 Å². The van der Waals surface area contributed by atoms with Crippen molar-refractivity contribution in [3.8, 4) is 16.9 Å². The van der Waals surface area contributed by atoms with Gasteiger partial charge in [0, 0.05) is 49.3 Å². The van der Waals surface area contributed by atoms with Crippen molar-refractivity contribution in [1.82, 2.24) is 9.97 Å². The molecule has 2 aromatic rings. The first kappa shape index (κ1) is 13.8.